The first-order valence-electron chi connectivity index (χ1n) is 13.4. The van der Waals surface area contributed by atoms with Gasteiger partial charge in [-0.2, -0.15) is 4.57 Å². The summed E-state index contributed by atoms with van der Waals surface area (Å²) in [6.45, 7) is 6.86. The smallest absolute Gasteiger partial charge is 0.232 e. The highest BCUT2D eigenvalue weighted by atomic mass is 15.2. The fourth-order valence-corrected chi connectivity index (χ4v) is 4.63. The topological polar surface area (TPSA) is 8.81 Å². The normalized spacial score (nSPS) is 11.5. The summed E-state index contributed by atoms with van der Waals surface area (Å²) in [6, 6.07) is 11.3. The van der Waals surface area contributed by atoms with Gasteiger partial charge in [-0.3, -0.25) is 0 Å². The number of aromatic nitrogens is 2. The number of benzene rings is 1. The van der Waals surface area contributed by atoms with Crippen molar-refractivity contribution >= 4 is 0 Å². The van der Waals surface area contributed by atoms with Crippen molar-refractivity contribution in [2.24, 2.45) is 0 Å². The molecule has 0 unspecified atom stereocenters. The van der Waals surface area contributed by atoms with Gasteiger partial charge in [-0.25, -0.2) is 4.57 Å². The van der Waals surface area contributed by atoms with Gasteiger partial charge in [0.15, 0.2) is 0 Å². The maximum absolute atomic E-state index is 2.44. The van der Waals surface area contributed by atoms with Gasteiger partial charge in [0.1, 0.15) is 18.1 Å². The van der Waals surface area contributed by atoms with Crippen LogP contribution in [0.3, 0.4) is 0 Å². The summed E-state index contributed by atoms with van der Waals surface area (Å²) < 4.78 is 4.82. The number of hydrogen-bond donors (Lipinski definition) is 0. The zero-order valence-corrected chi connectivity index (χ0v) is 20.8. The van der Waals surface area contributed by atoms with E-state index in [9.17, 15) is 0 Å². The first-order chi connectivity index (χ1) is 15.2. The zero-order chi connectivity index (χ0) is 22.2. The molecule has 0 saturated carbocycles. The van der Waals surface area contributed by atoms with E-state index >= 15 is 0 Å². The van der Waals surface area contributed by atoms with E-state index in [1.807, 2.05) is 0 Å². The number of nitrogens with zero attached hydrogens (tertiary/aromatic N) is 2. The van der Waals surface area contributed by atoms with Crippen molar-refractivity contribution in [2.75, 3.05) is 0 Å². The van der Waals surface area contributed by atoms with Crippen LogP contribution in [0.1, 0.15) is 129 Å². The molecule has 31 heavy (non-hydrogen) atoms. The second-order valence-electron chi connectivity index (χ2n) is 9.62. The van der Waals surface area contributed by atoms with Gasteiger partial charge in [-0.15, -0.1) is 0 Å². The Balaban J connectivity index is 1.55. The van der Waals surface area contributed by atoms with Crippen molar-refractivity contribution in [1.29, 1.82) is 0 Å². The third-order valence-corrected chi connectivity index (χ3v) is 6.55. The Morgan fingerprint density at radius 3 is 1.65 bits per heavy atom. The average Bonchev–Trinajstić information content (AvgIpc) is 3.21. The molecule has 174 valence electrons. The molecule has 0 aliphatic rings. The summed E-state index contributed by atoms with van der Waals surface area (Å²) in [5.74, 6) is 1.44. The summed E-state index contributed by atoms with van der Waals surface area (Å²) >= 11 is 0. The molecule has 0 N–H and O–H groups in total. The molecule has 0 atom stereocenters. The zero-order valence-electron chi connectivity index (χ0n) is 20.8. The van der Waals surface area contributed by atoms with E-state index in [1.165, 1.54) is 114 Å². The first-order valence-corrected chi connectivity index (χ1v) is 13.4. The van der Waals surface area contributed by atoms with Crippen LogP contribution in [0.25, 0.3) is 5.69 Å². The molecular weight excluding hydrogens is 376 g/mol. The van der Waals surface area contributed by atoms with Crippen molar-refractivity contribution in [2.45, 2.75) is 130 Å². The predicted octanol–water partition coefficient (Wildman–Crippen LogP) is 8.76. The van der Waals surface area contributed by atoms with Crippen molar-refractivity contribution in [3.05, 3.63) is 48.5 Å². The molecule has 2 aromatic rings. The highest BCUT2D eigenvalue weighted by molar-refractivity contribution is 5.31. The molecule has 0 radical (unpaired) electrons. The van der Waals surface area contributed by atoms with Crippen LogP contribution >= 0.6 is 0 Å². The maximum Gasteiger partial charge on any atom is 0.261 e. The molecule has 2 rings (SSSR count). The fourth-order valence-electron chi connectivity index (χ4n) is 4.63. The largest absolute Gasteiger partial charge is 0.261 e. The summed E-state index contributed by atoms with van der Waals surface area (Å²) in [5.41, 5.74) is 1.28. The van der Waals surface area contributed by atoms with E-state index in [2.05, 4.69) is 72.6 Å². The molecule has 1 aromatic carbocycles. The molecule has 1 aromatic heterocycles. The number of unbranched alkanes of at least 4 members (excludes halogenated alkanes) is 14. The van der Waals surface area contributed by atoms with E-state index in [-0.39, 0.29) is 0 Å². The molecule has 0 saturated heterocycles. The Morgan fingerprint density at radius 2 is 1.16 bits per heavy atom. The lowest BCUT2D eigenvalue weighted by Crippen LogP contribution is -2.39. The van der Waals surface area contributed by atoms with Gasteiger partial charge in [0.2, 0.25) is 0 Å². The van der Waals surface area contributed by atoms with Crippen LogP contribution in [-0.2, 0) is 6.42 Å². The Hall–Kier alpha value is -1.57. The molecule has 0 aliphatic heterocycles. The van der Waals surface area contributed by atoms with Gasteiger partial charge in [0.05, 0.1) is 6.04 Å². The minimum absolute atomic E-state index is 0.510. The van der Waals surface area contributed by atoms with Crippen LogP contribution in [0.4, 0.5) is 0 Å². The maximum atomic E-state index is 2.44. The van der Waals surface area contributed by atoms with E-state index < -0.39 is 0 Å². The number of imidazole rings is 1. The standard InChI is InChI=1S/C29H49N2/c1-4-5-6-7-8-9-10-11-12-13-14-15-16-17-21-24-29-30(27(2)3)25-26-31(29)28-22-19-18-20-23-28/h18-20,22-23,25-27H,4-17,21,24H2,1-3H3/q+1. The van der Waals surface area contributed by atoms with E-state index in [0.717, 1.165) is 0 Å². The van der Waals surface area contributed by atoms with E-state index in [1.54, 1.807) is 0 Å². The van der Waals surface area contributed by atoms with Gasteiger partial charge < -0.3 is 0 Å². The number of rotatable bonds is 18. The summed E-state index contributed by atoms with van der Waals surface area (Å²) in [7, 11) is 0. The van der Waals surface area contributed by atoms with E-state index in [0.29, 0.717) is 6.04 Å². The summed E-state index contributed by atoms with van der Waals surface area (Å²) in [4.78, 5) is 0. The lowest BCUT2D eigenvalue weighted by Gasteiger charge is -2.08. The van der Waals surface area contributed by atoms with Crippen molar-refractivity contribution in [3.63, 3.8) is 0 Å². The predicted molar refractivity (Wildman–Crippen MR) is 135 cm³/mol. The third kappa shape index (κ3) is 10.1. The quantitative estimate of drug-likeness (QED) is 0.167. The van der Waals surface area contributed by atoms with Crippen molar-refractivity contribution < 1.29 is 4.57 Å². The SMILES string of the molecule is CCCCCCCCCCCCCCCCCc1n(-c2ccccc2)cc[n+]1C(C)C. The second-order valence-corrected chi connectivity index (χ2v) is 9.62. The summed E-state index contributed by atoms with van der Waals surface area (Å²) in [5, 5.41) is 0. The Morgan fingerprint density at radius 1 is 0.677 bits per heavy atom. The van der Waals surface area contributed by atoms with Gasteiger partial charge in [0.25, 0.3) is 5.82 Å². The molecule has 2 nitrogen and oxygen atoms in total. The Bertz CT molecular complexity index is 671. The first kappa shape index (κ1) is 25.7. The molecule has 0 fully saturated rings. The fraction of sp³-hybridized carbons (Fsp3) is 0.690. The minimum atomic E-state index is 0.510. The molecule has 2 heteroatoms. The Kier molecular flexibility index (Phi) is 13.4. The highest BCUT2D eigenvalue weighted by Crippen LogP contribution is 2.16. The van der Waals surface area contributed by atoms with Crippen molar-refractivity contribution in [1.82, 2.24) is 4.57 Å². The number of hydrogen-bond acceptors (Lipinski definition) is 0. The highest BCUT2D eigenvalue weighted by Gasteiger charge is 2.20. The van der Waals surface area contributed by atoms with Gasteiger partial charge in [-0.05, 0) is 32.4 Å². The Labute approximate surface area is 193 Å². The van der Waals surface area contributed by atoms with Gasteiger partial charge in [0, 0.05) is 6.42 Å². The molecule has 0 amide bonds. The number of para-hydroxylation sites is 1. The summed E-state index contributed by atoms with van der Waals surface area (Å²) in [6.07, 6.45) is 27.0. The van der Waals surface area contributed by atoms with Crippen LogP contribution in [0.5, 0.6) is 0 Å². The van der Waals surface area contributed by atoms with Gasteiger partial charge in [-0.1, -0.05) is 115 Å². The van der Waals surface area contributed by atoms with Crippen LogP contribution < -0.4 is 4.57 Å². The molecule has 0 bridgehead atoms. The van der Waals surface area contributed by atoms with Crippen LogP contribution in [-0.4, -0.2) is 4.57 Å². The van der Waals surface area contributed by atoms with Crippen LogP contribution in [0.2, 0.25) is 0 Å². The lowest BCUT2D eigenvalue weighted by atomic mass is 10.0. The second kappa shape index (κ2) is 16.1. The average molecular weight is 426 g/mol. The van der Waals surface area contributed by atoms with Crippen LogP contribution in [0.15, 0.2) is 42.7 Å². The van der Waals surface area contributed by atoms with Gasteiger partial charge >= 0.3 is 0 Å². The molecule has 1 heterocycles. The lowest BCUT2D eigenvalue weighted by molar-refractivity contribution is -0.722. The molecule has 0 spiro atoms. The minimum Gasteiger partial charge on any atom is -0.232 e. The van der Waals surface area contributed by atoms with Crippen molar-refractivity contribution in [3.8, 4) is 5.69 Å². The van der Waals surface area contributed by atoms with E-state index in [4.69, 9.17) is 0 Å². The molecular formula is C29H49N2+. The third-order valence-electron chi connectivity index (χ3n) is 6.55. The molecule has 0 aliphatic carbocycles. The van der Waals surface area contributed by atoms with Crippen LogP contribution in [0, 0.1) is 0 Å². The monoisotopic (exact) mass is 425 g/mol.